The van der Waals surface area contributed by atoms with Crippen molar-refractivity contribution in [1.29, 1.82) is 0 Å². The van der Waals surface area contributed by atoms with E-state index in [4.69, 9.17) is 5.73 Å². The van der Waals surface area contributed by atoms with Crippen molar-refractivity contribution < 1.29 is 4.79 Å². The van der Waals surface area contributed by atoms with Crippen molar-refractivity contribution in [3.63, 3.8) is 0 Å². The topological polar surface area (TPSA) is 58.4 Å². The molecule has 0 aliphatic heterocycles. The highest BCUT2D eigenvalue weighted by Gasteiger charge is 2.36. The molecular formula is C14H29N3O. The zero-order chi connectivity index (χ0) is 13.8. The highest BCUT2D eigenvalue weighted by atomic mass is 16.2. The fraction of sp³-hybridized carbons (Fsp3) is 0.929. The van der Waals surface area contributed by atoms with Gasteiger partial charge in [0.1, 0.15) is 0 Å². The molecule has 2 atom stereocenters. The van der Waals surface area contributed by atoms with Gasteiger partial charge in [0.2, 0.25) is 5.91 Å². The quantitative estimate of drug-likeness (QED) is 0.753. The van der Waals surface area contributed by atoms with E-state index in [1.54, 1.807) is 0 Å². The fourth-order valence-corrected chi connectivity index (χ4v) is 2.70. The summed E-state index contributed by atoms with van der Waals surface area (Å²) < 4.78 is 0. The first-order valence-electron chi connectivity index (χ1n) is 7.13. The van der Waals surface area contributed by atoms with Crippen LogP contribution in [0.3, 0.4) is 0 Å². The summed E-state index contributed by atoms with van der Waals surface area (Å²) in [6.45, 7) is 4.82. The third kappa shape index (κ3) is 3.45. The SMILES string of the molecule is CCC(C)[C@H](N)C(=O)NCC1(N(C)C)CCCC1. The standard InChI is InChI=1S/C14H29N3O/c1-5-11(2)12(15)13(18)16-10-14(17(3)4)8-6-7-9-14/h11-12H,5-10,15H2,1-4H3,(H,16,18)/t11?,12-/m0/s1. The molecule has 18 heavy (non-hydrogen) atoms. The molecule has 0 heterocycles. The molecule has 4 nitrogen and oxygen atoms in total. The maximum Gasteiger partial charge on any atom is 0.237 e. The highest BCUT2D eigenvalue weighted by Crippen LogP contribution is 2.33. The molecule has 1 aliphatic rings. The average Bonchev–Trinajstić information content (AvgIpc) is 2.84. The molecule has 0 aromatic rings. The van der Waals surface area contributed by atoms with Crippen LogP contribution < -0.4 is 11.1 Å². The Kier molecular flexibility index (Phi) is 5.60. The van der Waals surface area contributed by atoms with Crippen molar-refractivity contribution in [2.24, 2.45) is 11.7 Å². The van der Waals surface area contributed by atoms with Crippen LogP contribution in [0.2, 0.25) is 0 Å². The lowest BCUT2D eigenvalue weighted by Gasteiger charge is -2.37. The van der Waals surface area contributed by atoms with Gasteiger partial charge < -0.3 is 16.0 Å². The van der Waals surface area contributed by atoms with Crippen LogP contribution in [-0.2, 0) is 4.79 Å². The minimum absolute atomic E-state index is 0.00234. The van der Waals surface area contributed by atoms with Gasteiger partial charge in [0.15, 0.2) is 0 Å². The fourth-order valence-electron chi connectivity index (χ4n) is 2.70. The van der Waals surface area contributed by atoms with Gasteiger partial charge in [-0.2, -0.15) is 0 Å². The first kappa shape index (κ1) is 15.4. The maximum atomic E-state index is 12.0. The van der Waals surface area contributed by atoms with Crippen molar-refractivity contribution in [1.82, 2.24) is 10.2 Å². The Hall–Kier alpha value is -0.610. The number of carbonyl (C=O) groups excluding carboxylic acids is 1. The molecule has 1 aliphatic carbocycles. The molecule has 0 bridgehead atoms. The van der Waals surface area contributed by atoms with E-state index in [1.165, 1.54) is 25.7 Å². The van der Waals surface area contributed by atoms with Gasteiger partial charge in [-0.25, -0.2) is 0 Å². The third-order valence-corrected chi connectivity index (χ3v) is 4.63. The zero-order valence-corrected chi connectivity index (χ0v) is 12.3. The second kappa shape index (κ2) is 6.53. The largest absolute Gasteiger partial charge is 0.353 e. The molecule has 106 valence electrons. The summed E-state index contributed by atoms with van der Waals surface area (Å²) >= 11 is 0. The predicted molar refractivity (Wildman–Crippen MR) is 75.3 cm³/mol. The smallest absolute Gasteiger partial charge is 0.237 e. The second-order valence-corrected chi connectivity index (χ2v) is 5.95. The summed E-state index contributed by atoms with van der Waals surface area (Å²) in [6.07, 6.45) is 5.78. The molecule has 1 fully saturated rings. The van der Waals surface area contributed by atoms with Crippen LogP contribution in [0.1, 0.15) is 46.0 Å². The van der Waals surface area contributed by atoms with Crippen molar-refractivity contribution in [3.05, 3.63) is 0 Å². The predicted octanol–water partition coefficient (Wildman–Crippen LogP) is 1.35. The van der Waals surface area contributed by atoms with Gasteiger partial charge in [0.05, 0.1) is 6.04 Å². The number of hydrogen-bond acceptors (Lipinski definition) is 3. The van der Waals surface area contributed by atoms with Gasteiger partial charge in [0.25, 0.3) is 0 Å². The van der Waals surface area contributed by atoms with E-state index in [-0.39, 0.29) is 23.4 Å². The zero-order valence-electron chi connectivity index (χ0n) is 12.3. The number of amides is 1. The number of likely N-dealkylation sites (N-methyl/N-ethyl adjacent to an activating group) is 1. The Bertz CT molecular complexity index is 272. The molecule has 1 unspecified atom stereocenters. The van der Waals surface area contributed by atoms with Gasteiger partial charge in [-0.15, -0.1) is 0 Å². The molecule has 0 spiro atoms. The van der Waals surface area contributed by atoms with Crippen LogP contribution >= 0.6 is 0 Å². The monoisotopic (exact) mass is 255 g/mol. The summed E-state index contributed by atoms with van der Waals surface area (Å²) in [6, 6.07) is -0.379. The summed E-state index contributed by atoms with van der Waals surface area (Å²) in [7, 11) is 4.21. The van der Waals surface area contributed by atoms with Crippen molar-refractivity contribution in [2.75, 3.05) is 20.6 Å². The summed E-state index contributed by atoms with van der Waals surface area (Å²) in [5, 5.41) is 3.06. The van der Waals surface area contributed by atoms with E-state index in [1.807, 2.05) is 6.92 Å². The average molecular weight is 255 g/mol. The summed E-state index contributed by atoms with van der Waals surface area (Å²) in [4.78, 5) is 14.3. The Morgan fingerprint density at radius 3 is 2.39 bits per heavy atom. The lowest BCUT2D eigenvalue weighted by Crippen LogP contribution is -2.54. The molecule has 0 radical (unpaired) electrons. The molecule has 0 aromatic carbocycles. The number of nitrogens with one attached hydrogen (secondary N) is 1. The molecule has 0 aromatic heterocycles. The number of hydrogen-bond donors (Lipinski definition) is 2. The lowest BCUT2D eigenvalue weighted by atomic mass is 9.95. The first-order chi connectivity index (χ1) is 8.43. The normalized spacial score (nSPS) is 21.9. The van der Waals surface area contributed by atoms with Gasteiger partial charge in [-0.05, 0) is 32.9 Å². The van der Waals surface area contributed by atoms with Crippen LogP contribution in [-0.4, -0.2) is 43.0 Å². The van der Waals surface area contributed by atoms with Crippen LogP contribution in [0.25, 0.3) is 0 Å². The van der Waals surface area contributed by atoms with Gasteiger partial charge >= 0.3 is 0 Å². The minimum atomic E-state index is -0.379. The van der Waals surface area contributed by atoms with Crippen LogP contribution in [0.4, 0.5) is 0 Å². The molecule has 0 saturated heterocycles. The molecule has 1 saturated carbocycles. The Balaban J connectivity index is 2.50. The minimum Gasteiger partial charge on any atom is -0.353 e. The van der Waals surface area contributed by atoms with E-state index in [9.17, 15) is 4.79 Å². The first-order valence-corrected chi connectivity index (χ1v) is 7.13. The van der Waals surface area contributed by atoms with E-state index >= 15 is 0 Å². The van der Waals surface area contributed by atoms with Crippen LogP contribution in [0.15, 0.2) is 0 Å². The molecule has 3 N–H and O–H groups in total. The molecule has 1 amide bonds. The summed E-state index contributed by atoms with van der Waals surface area (Å²) in [5.41, 5.74) is 6.09. The second-order valence-electron chi connectivity index (χ2n) is 5.95. The number of nitrogens with zero attached hydrogens (tertiary/aromatic N) is 1. The van der Waals surface area contributed by atoms with Crippen LogP contribution in [0.5, 0.6) is 0 Å². The van der Waals surface area contributed by atoms with Crippen molar-refractivity contribution >= 4 is 5.91 Å². The van der Waals surface area contributed by atoms with Gasteiger partial charge in [-0.1, -0.05) is 33.1 Å². The van der Waals surface area contributed by atoms with E-state index < -0.39 is 0 Å². The van der Waals surface area contributed by atoms with Gasteiger partial charge in [-0.3, -0.25) is 4.79 Å². The maximum absolute atomic E-state index is 12.0. The number of carbonyl (C=O) groups is 1. The number of nitrogens with two attached hydrogens (primary N) is 1. The third-order valence-electron chi connectivity index (χ3n) is 4.63. The van der Waals surface area contributed by atoms with Crippen molar-refractivity contribution in [3.8, 4) is 0 Å². The van der Waals surface area contributed by atoms with E-state index in [0.29, 0.717) is 0 Å². The van der Waals surface area contributed by atoms with E-state index in [2.05, 4.69) is 31.2 Å². The summed E-state index contributed by atoms with van der Waals surface area (Å²) in [5.74, 6) is 0.237. The molecule has 4 heteroatoms. The Morgan fingerprint density at radius 1 is 1.39 bits per heavy atom. The van der Waals surface area contributed by atoms with E-state index in [0.717, 1.165) is 13.0 Å². The highest BCUT2D eigenvalue weighted by molar-refractivity contribution is 5.81. The Labute approximate surface area is 111 Å². The molecular weight excluding hydrogens is 226 g/mol. The molecule has 1 rings (SSSR count). The lowest BCUT2D eigenvalue weighted by molar-refractivity contribution is -0.124. The van der Waals surface area contributed by atoms with Gasteiger partial charge in [0, 0.05) is 12.1 Å². The Morgan fingerprint density at radius 2 is 1.94 bits per heavy atom. The van der Waals surface area contributed by atoms with Crippen LogP contribution in [0, 0.1) is 5.92 Å². The van der Waals surface area contributed by atoms with Crippen molar-refractivity contribution in [2.45, 2.75) is 57.5 Å². The number of rotatable bonds is 6.